The molecule has 3 aromatic rings. The summed E-state index contributed by atoms with van der Waals surface area (Å²) in [5.74, 6) is -4.98. The van der Waals surface area contributed by atoms with Crippen LogP contribution in [0.1, 0.15) is 106 Å². The van der Waals surface area contributed by atoms with Gasteiger partial charge < -0.3 is 26.0 Å². The van der Waals surface area contributed by atoms with Crippen LogP contribution in [-0.4, -0.2) is 50.5 Å². The number of hydrogen-bond acceptors (Lipinski definition) is 6. The minimum absolute atomic E-state index is 0.00526. The van der Waals surface area contributed by atoms with Gasteiger partial charge in [-0.3, -0.25) is 9.59 Å². The molecular formula is C33H36N2O8. The van der Waals surface area contributed by atoms with Crippen molar-refractivity contribution in [3.8, 4) is 11.1 Å². The van der Waals surface area contributed by atoms with Gasteiger partial charge in [0.1, 0.15) is 0 Å². The molecule has 0 radical (unpaired) electrons. The van der Waals surface area contributed by atoms with E-state index < -0.39 is 29.2 Å². The Bertz CT molecular complexity index is 1620. The molecule has 0 aliphatic rings. The lowest BCUT2D eigenvalue weighted by molar-refractivity contribution is 0.0680. The van der Waals surface area contributed by atoms with Crippen LogP contribution in [-0.2, 0) is 0 Å². The van der Waals surface area contributed by atoms with Gasteiger partial charge in [0.25, 0.3) is 5.91 Å². The van der Waals surface area contributed by atoms with E-state index in [0.29, 0.717) is 23.2 Å². The molecule has 0 fully saturated rings. The third-order valence-electron chi connectivity index (χ3n) is 7.63. The van der Waals surface area contributed by atoms with E-state index in [1.165, 1.54) is 48.5 Å². The summed E-state index contributed by atoms with van der Waals surface area (Å²) in [6.45, 7) is 11.1. The Labute approximate surface area is 249 Å². The second-order valence-electron chi connectivity index (χ2n) is 11.6. The number of anilines is 2. The van der Waals surface area contributed by atoms with E-state index in [2.05, 4.69) is 10.6 Å². The van der Waals surface area contributed by atoms with Crippen LogP contribution in [0.25, 0.3) is 11.1 Å². The van der Waals surface area contributed by atoms with Gasteiger partial charge in [0.2, 0.25) is 0 Å². The summed E-state index contributed by atoms with van der Waals surface area (Å²) in [5.41, 5.74) is -0.557. The van der Waals surface area contributed by atoms with Gasteiger partial charge in [-0.25, -0.2) is 14.4 Å². The Hall–Kier alpha value is -4.99. The number of nitrogens with one attached hydrogen (secondary N) is 2. The number of amides is 1. The smallest absolute Gasteiger partial charge is 0.336 e. The molecule has 3 aromatic carbocycles. The highest BCUT2D eigenvalue weighted by molar-refractivity contribution is 6.12. The zero-order valence-corrected chi connectivity index (χ0v) is 25.0. The molecule has 1 amide bonds. The molecule has 0 saturated heterocycles. The molecule has 0 saturated carbocycles. The number of hydrogen-bond donors (Lipinski definition) is 5. The van der Waals surface area contributed by atoms with Crippen LogP contribution in [0.4, 0.5) is 11.4 Å². The molecule has 0 bridgehead atoms. The molecule has 0 spiro atoms. The summed E-state index contributed by atoms with van der Waals surface area (Å²) in [4.78, 5) is 62.5. The van der Waals surface area contributed by atoms with E-state index in [1.54, 1.807) is 19.9 Å². The molecule has 43 heavy (non-hydrogen) atoms. The van der Waals surface area contributed by atoms with Gasteiger partial charge >= 0.3 is 17.9 Å². The Morgan fingerprint density at radius 1 is 0.628 bits per heavy atom. The van der Waals surface area contributed by atoms with Crippen molar-refractivity contribution in [3.63, 3.8) is 0 Å². The Kier molecular flexibility index (Phi) is 9.44. The fraction of sp³-hybridized carbons (Fsp3) is 0.303. The molecule has 226 valence electrons. The summed E-state index contributed by atoms with van der Waals surface area (Å²) in [6.07, 6.45) is 1.21. The molecule has 0 heterocycles. The second kappa shape index (κ2) is 12.5. The second-order valence-corrected chi connectivity index (χ2v) is 11.6. The third-order valence-corrected chi connectivity index (χ3v) is 7.63. The maximum absolute atomic E-state index is 13.5. The number of Topliss-reactive ketones (excluding diaryl/α,β-unsaturated/α-hetero) is 1. The molecule has 5 N–H and O–H groups in total. The van der Waals surface area contributed by atoms with Gasteiger partial charge in [0.15, 0.2) is 5.78 Å². The topological polar surface area (TPSA) is 170 Å². The first-order chi connectivity index (χ1) is 20.0. The van der Waals surface area contributed by atoms with Crippen LogP contribution in [0.3, 0.4) is 0 Å². The van der Waals surface area contributed by atoms with E-state index in [0.717, 1.165) is 6.42 Å². The van der Waals surface area contributed by atoms with Crippen LogP contribution >= 0.6 is 0 Å². The third kappa shape index (κ3) is 7.45. The molecule has 0 unspecified atom stereocenters. The van der Waals surface area contributed by atoms with Crippen molar-refractivity contribution >= 4 is 41.0 Å². The van der Waals surface area contributed by atoms with E-state index in [4.69, 9.17) is 0 Å². The van der Waals surface area contributed by atoms with Gasteiger partial charge in [-0.05, 0) is 80.3 Å². The normalized spacial score (nSPS) is 11.5. The summed E-state index contributed by atoms with van der Waals surface area (Å²) in [6, 6.07) is 12.6. The maximum atomic E-state index is 13.5. The standard InChI is InChI=1S/C33H36N2O8/c1-7-32(3,4)27(36)25-15-18(9-11-23(25)30(40)41)19-10-12-24(31(42)43)26(16-19)28(37)34-21-13-20(29(38)39)14-22(17-21)35-33(5,6)8-2/h9-17,35H,7-8H2,1-6H3,(H,34,37)(H,38,39)(H,40,41)(H,42,43). The Balaban J connectivity index is 2.10. The zero-order chi connectivity index (χ0) is 32.3. The number of carboxylic acid groups (broad SMARTS) is 3. The van der Waals surface area contributed by atoms with E-state index in [9.17, 15) is 39.3 Å². The van der Waals surface area contributed by atoms with E-state index >= 15 is 0 Å². The fourth-order valence-electron chi connectivity index (χ4n) is 4.29. The monoisotopic (exact) mass is 588 g/mol. The zero-order valence-electron chi connectivity index (χ0n) is 25.0. The molecule has 0 aromatic heterocycles. The predicted octanol–water partition coefficient (Wildman–Crippen LogP) is 6.92. The number of ketones is 1. The minimum atomic E-state index is -1.36. The Morgan fingerprint density at radius 2 is 1.14 bits per heavy atom. The first kappa shape index (κ1) is 32.5. The SMILES string of the molecule is CCC(C)(C)Nc1cc(NC(=O)c2cc(-c3ccc(C(=O)O)c(C(=O)C(C)(C)CC)c3)ccc2C(=O)O)cc(C(=O)O)c1. The molecular weight excluding hydrogens is 552 g/mol. The van der Waals surface area contributed by atoms with E-state index in [-0.39, 0.29) is 44.8 Å². The van der Waals surface area contributed by atoms with Crippen molar-refractivity contribution in [2.75, 3.05) is 10.6 Å². The minimum Gasteiger partial charge on any atom is -0.478 e. The van der Waals surface area contributed by atoms with Crippen LogP contribution in [0.15, 0.2) is 54.6 Å². The number of carboxylic acids is 3. The number of rotatable bonds is 12. The van der Waals surface area contributed by atoms with Gasteiger partial charge in [-0.2, -0.15) is 0 Å². The molecule has 10 heteroatoms. The van der Waals surface area contributed by atoms with Crippen LogP contribution in [0.5, 0.6) is 0 Å². The predicted molar refractivity (Wildman–Crippen MR) is 164 cm³/mol. The maximum Gasteiger partial charge on any atom is 0.336 e. The highest BCUT2D eigenvalue weighted by Crippen LogP contribution is 2.32. The van der Waals surface area contributed by atoms with Crippen molar-refractivity contribution in [3.05, 3.63) is 82.4 Å². The fourth-order valence-corrected chi connectivity index (χ4v) is 4.29. The lowest BCUT2D eigenvalue weighted by Crippen LogP contribution is -2.29. The number of carbonyl (C=O) groups is 5. The highest BCUT2D eigenvalue weighted by atomic mass is 16.4. The largest absolute Gasteiger partial charge is 0.478 e. The van der Waals surface area contributed by atoms with E-state index in [1.807, 2.05) is 27.7 Å². The van der Waals surface area contributed by atoms with Crippen LogP contribution in [0.2, 0.25) is 0 Å². The molecule has 0 aliphatic heterocycles. The van der Waals surface area contributed by atoms with Gasteiger partial charge in [0, 0.05) is 27.9 Å². The van der Waals surface area contributed by atoms with Gasteiger partial charge in [-0.1, -0.05) is 39.8 Å². The van der Waals surface area contributed by atoms with Crippen molar-refractivity contribution in [1.29, 1.82) is 0 Å². The molecule has 10 nitrogen and oxygen atoms in total. The number of aromatic carboxylic acids is 3. The summed E-state index contributed by atoms with van der Waals surface area (Å²) in [5, 5.41) is 35.0. The Morgan fingerprint density at radius 3 is 1.63 bits per heavy atom. The van der Waals surface area contributed by atoms with Gasteiger partial charge in [0.05, 0.1) is 22.3 Å². The van der Waals surface area contributed by atoms with Crippen molar-refractivity contribution in [2.24, 2.45) is 5.41 Å². The number of benzene rings is 3. The lowest BCUT2D eigenvalue weighted by Gasteiger charge is -2.26. The average Bonchev–Trinajstić information content (AvgIpc) is 2.95. The summed E-state index contributed by atoms with van der Waals surface area (Å²) in [7, 11) is 0. The van der Waals surface area contributed by atoms with Crippen LogP contribution in [0, 0.1) is 5.41 Å². The summed E-state index contributed by atoms with van der Waals surface area (Å²) < 4.78 is 0. The van der Waals surface area contributed by atoms with Crippen LogP contribution < -0.4 is 10.6 Å². The summed E-state index contributed by atoms with van der Waals surface area (Å²) >= 11 is 0. The first-order valence-corrected chi connectivity index (χ1v) is 13.8. The van der Waals surface area contributed by atoms with Crippen molar-refractivity contribution < 1.29 is 39.3 Å². The molecule has 3 rings (SSSR count). The van der Waals surface area contributed by atoms with Crippen molar-refractivity contribution in [2.45, 2.75) is 59.9 Å². The average molecular weight is 589 g/mol. The number of carbonyl (C=O) groups excluding carboxylic acids is 2. The highest BCUT2D eigenvalue weighted by Gasteiger charge is 2.30. The molecule has 0 atom stereocenters. The first-order valence-electron chi connectivity index (χ1n) is 13.8. The van der Waals surface area contributed by atoms with Gasteiger partial charge in [-0.15, -0.1) is 0 Å². The van der Waals surface area contributed by atoms with Crippen molar-refractivity contribution in [1.82, 2.24) is 0 Å². The molecule has 0 aliphatic carbocycles. The quantitative estimate of drug-likeness (QED) is 0.141. The lowest BCUT2D eigenvalue weighted by atomic mass is 9.80.